The summed E-state index contributed by atoms with van der Waals surface area (Å²) in [4.78, 5) is 0. The van der Waals surface area contributed by atoms with Gasteiger partial charge >= 0.3 is 0 Å². The van der Waals surface area contributed by atoms with E-state index in [0.29, 0.717) is 29.5 Å². The van der Waals surface area contributed by atoms with Crippen LogP contribution in [0.1, 0.15) is 26.3 Å². The summed E-state index contributed by atoms with van der Waals surface area (Å²) < 4.78 is 11.1. The largest absolute Gasteiger partial charge is 0.490 e. The van der Waals surface area contributed by atoms with Gasteiger partial charge in [-0.15, -0.1) is 0 Å². The van der Waals surface area contributed by atoms with Crippen molar-refractivity contribution in [2.45, 2.75) is 26.4 Å². The maximum atomic E-state index is 8.71. The van der Waals surface area contributed by atoms with E-state index < -0.39 is 0 Å². The molecule has 5 nitrogen and oxygen atoms in total. The Hall–Kier alpha value is -1.46. The summed E-state index contributed by atoms with van der Waals surface area (Å²) in [5.41, 5.74) is 5.84. The molecule has 0 heterocycles. The van der Waals surface area contributed by atoms with Crippen LogP contribution in [0.15, 0.2) is 23.4 Å². The number of rotatable bonds is 5. The second kappa shape index (κ2) is 6.63. The summed E-state index contributed by atoms with van der Waals surface area (Å²) in [7, 11) is 0. The predicted octanol–water partition coefficient (Wildman–Crippen LogP) is 2.63. The quantitative estimate of drug-likeness (QED) is 0.287. The monoisotopic (exact) mass is 286 g/mol. The molecular formula is C13H19ClN2O3. The third-order valence-corrected chi connectivity index (χ3v) is 2.44. The summed E-state index contributed by atoms with van der Waals surface area (Å²) >= 11 is 5.90. The van der Waals surface area contributed by atoms with Gasteiger partial charge in [-0.1, -0.05) is 16.8 Å². The molecule has 0 atom stereocenters. The SMILES string of the molecule is CC(C)(C)OCCOc1cc(Cl)ccc1/C(N)=N/O. The molecule has 0 unspecified atom stereocenters. The Bertz CT molecular complexity index is 456. The Balaban J connectivity index is 2.69. The minimum atomic E-state index is -0.216. The fraction of sp³-hybridized carbons (Fsp3) is 0.462. The Morgan fingerprint density at radius 1 is 1.37 bits per heavy atom. The van der Waals surface area contributed by atoms with Crippen molar-refractivity contribution in [1.29, 1.82) is 0 Å². The molecule has 0 aliphatic heterocycles. The van der Waals surface area contributed by atoms with E-state index >= 15 is 0 Å². The number of nitrogens with two attached hydrogens (primary N) is 1. The average molecular weight is 287 g/mol. The van der Waals surface area contributed by atoms with Crippen molar-refractivity contribution in [1.82, 2.24) is 0 Å². The van der Waals surface area contributed by atoms with E-state index in [-0.39, 0.29) is 11.4 Å². The molecule has 0 bridgehead atoms. The van der Waals surface area contributed by atoms with Crippen LogP contribution in [0.3, 0.4) is 0 Å². The van der Waals surface area contributed by atoms with Crippen molar-refractivity contribution in [3.05, 3.63) is 28.8 Å². The molecule has 0 aromatic heterocycles. The zero-order valence-electron chi connectivity index (χ0n) is 11.3. The van der Waals surface area contributed by atoms with E-state index in [9.17, 15) is 0 Å². The first-order valence-corrected chi connectivity index (χ1v) is 6.25. The van der Waals surface area contributed by atoms with E-state index in [4.69, 9.17) is 32.0 Å². The van der Waals surface area contributed by atoms with Gasteiger partial charge in [-0.25, -0.2) is 0 Å². The summed E-state index contributed by atoms with van der Waals surface area (Å²) in [5, 5.41) is 12.2. The van der Waals surface area contributed by atoms with Crippen LogP contribution in [0, 0.1) is 0 Å². The van der Waals surface area contributed by atoms with Gasteiger partial charge < -0.3 is 20.4 Å². The van der Waals surface area contributed by atoms with E-state index in [2.05, 4.69) is 5.16 Å². The number of hydrogen-bond acceptors (Lipinski definition) is 4. The highest BCUT2D eigenvalue weighted by molar-refractivity contribution is 6.30. The van der Waals surface area contributed by atoms with E-state index in [1.54, 1.807) is 18.2 Å². The van der Waals surface area contributed by atoms with Crippen LogP contribution in [-0.2, 0) is 4.74 Å². The Kier molecular flexibility index (Phi) is 5.44. The zero-order valence-corrected chi connectivity index (χ0v) is 12.1. The summed E-state index contributed by atoms with van der Waals surface area (Å²) in [6.45, 7) is 6.69. The first-order chi connectivity index (χ1) is 8.83. The summed E-state index contributed by atoms with van der Waals surface area (Å²) in [5.74, 6) is 0.434. The van der Waals surface area contributed by atoms with E-state index in [0.717, 1.165) is 0 Å². The minimum absolute atomic E-state index is 0.0246. The first-order valence-electron chi connectivity index (χ1n) is 5.87. The topological polar surface area (TPSA) is 77.1 Å². The molecule has 0 amide bonds. The third-order valence-electron chi connectivity index (χ3n) is 2.20. The molecule has 1 aromatic carbocycles. The molecule has 1 aromatic rings. The van der Waals surface area contributed by atoms with Crippen LogP contribution in [0.5, 0.6) is 5.75 Å². The lowest BCUT2D eigenvalue weighted by Crippen LogP contribution is -2.23. The number of halogens is 1. The van der Waals surface area contributed by atoms with Gasteiger partial charge in [-0.2, -0.15) is 0 Å². The lowest BCUT2D eigenvalue weighted by Gasteiger charge is -2.20. The molecular weight excluding hydrogens is 268 g/mol. The van der Waals surface area contributed by atoms with Crippen LogP contribution in [0.25, 0.3) is 0 Å². The van der Waals surface area contributed by atoms with Crippen molar-refractivity contribution >= 4 is 17.4 Å². The fourth-order valence-electron chi connectivity index (χ4n) is 1.38. The Morgan fingerprint density at radius 2 is 2.05 bits per heavy atom. The molecule has 0 fully saturated rings. The zero-order chi connectivity index (χ0) is 14.5. The molecule has 19 heavy (non-hydrogen) atoms. The van der Waals surface area contributed by atoms with Gasteiger partial charge in [0, 0.05) is 5.02 Å². The van der Waals surface area contributed by atoms with E-state index in [1.165, 1.54) is 0 Å². The first kappa shape index (κ1) is 15.6. The van der Waals surface area contributed by atoms with Gasteiger partial charge in [-0.3, -0.25) is 0 Å². The van der Waals surface area contributed by atoms with Gasteiger partial charge in [0.05, 0.1) is 17.8 Å². The van der Waals surface area contributed by atoms with Gasteiger partial charge in [0.2, 0.25) is 0 Å². The van der Waals surface area contributed by atoms with Gasteiger partial charge in [-0.05, 0) is 39.0 Å². The molecule has 106 valence electrons. The predicted molar refractivity (Wildman–Crippen MR) is 75.2 cm³/mol. The van der Waals surface area contributed by atoms with Crippen LogP contribution in [-0.4, -0.2) is 29.9 Å². The average Bonchev–Trinajstić information content (AvgIpc) is 2.33. The molecule has 0 saturated heterocycles. The van der Waals surface area contributed by atoms with Crippen molar-refractivity contribution in [2.24, 2.45) is 10.9 Å². The number of hydrogen-bond donors (Lipinski definition) is 2. The molecule has 3 N–H and O–H groups in total. The number of benzene rings is 1. The van der Waals surface area contributed by atoms with E-state index in [1.807, 2.05) is 20.8 Å². The maximum Gasteiger partial charge on any atom is 0.173 e. The van der Waals surface area contributed by atoms with Gasteiger partial charge in [0.1, 0.15) is 12.4 Å². The standard InChI is InChI=1S/C13H19ClN2O3/c1-13(2,3)19-7-6-18-11-8-9(14)4-5-10(11)12(15)16-17/h4-5,8,17H,6-7H2,1-3H3,(H2,15,16). The molecule has 0 spiro atoms. The number of amidine groups is 1. The summed E-state index contributed by atoms with van der Waals surface area (Å²) in [6, 6.07) is 4.90. The number of nitrogens with zero attached hydrogens (tertiary/aromatic N) is 1. The Morgan fingerprint density at radius 3 is 2.63 bits per heavy atom. The highest BCUT2D eigenvalue weighted by atomic mass is 35.5. The van der Waals surface area contributed by atoms with Crippen molar-refractivity contribution < 1.29 is 14.7 Å². The fourth-order valence-corrected chi connectivity index (χ4v) is 1.54. The van der Waals surface area contributed by atoms with Crippen LogP contribution < -0.4 is 10.5 Å². The van der Waals surface area contributed by atoms with Gasteiger partial charge in [0.15, 0.2) is 5.84 Å². The second-order valence-electron chi connectivity index (χ2n) is 4.94. The van der Waals surface area contributed by atoms with Crippen LogP contribution >= 0.6 is 11.6 Å². The lowest BCUT2D eigenvalue weighted by molar-refractivity contribution is -0.0163. The highest BCUT2D eigenvalue weighted by Gasteiger charge is 2.12. The third kappa shape index (κ3) is 5.36. The maximum absolute atomic E-state index is 8.71. The molecule has 0 radical (unpaired) electrons. The van der Waals surface area contributed by atoms with Crippen LogP contribution in [0.4, 0.5) is 0 Å². The number of oxime groups is 1. The highest BCUT2D eigenvalue weighted by Crippen LogP contribution is 2.23. The Labute approximate surface area is 117 Å². The van der Waals surface area contributed by atoms with Crippen molar-refractivity contribution in [3.63, 3.8) is 0 Å². The smallest absolute Gasteiger partial charge is 0.173 e. The van der Waals surface area contributed by atoms with Crippen LogP contribution in [0.2, 0.25) is 5.02 Å². The minimum Gasteiger partial charge on any atom is -0.490 e. The lowest BCUT2D eigenvalue weighted by atomic mass is 10.2. The number of ether oxygens (including phenoxy) is 2. The normalized spacial score (nSPS) is 12.5. The van der Waals surface area contributed by atoms with Gasteiger partial charge in [0.25, 0.3) is 0 Å². The molecule has 0 aliphatic carbocycles. The van der Waals surface area contributed by atoms with Crippen molar-refractivity contribution in [3.8, 4) is 5.75 Å². The molecule has 0 saturated carbocycles. The molecule has 1 rings (SSSR count). The summed E-state index contributed by atoms with van der Waals surface area (Å²) in [6.07, 6.45) is 0. The molecule has 0 aliphatic rings. The van der Waals surface area contributed by atoms with Crippen molar-refractivity contribution in [2.75, 3.05) is 13.2 Å². The second-order valence-corrected chi connectivity index (χ2v) is 5.37. The molecule has 6 heteroatoms.